The van der Waals surface area contributed by atoms with Gasteiger partial charge in [-0.1, -0.05) is 25.1 Å². The highest BCUT2D eigenvalue weighted by molar-refractivity contribution is 5.78. The van der Waals surface area contributed by atoms with Crippen molar-refractivity contribution in [1.82, 2.24) is 24.7 Å². The molecular formula is C18H17FN8. The number of aliphatic imine (C=N–C) groups is 1. The second kappa shape index (κ2) is 5.15. The van der Waals surface area contributed by atoms with Gasteiger partial charge in [0.25, 0.3) is 6.08 Å². The van der Waals surface area contributed by atoms with Crippen molar-refractivity contribution in [3.8, 4) is 5.69 Å². The molecule has 0 bridgehead atoms. The highest BCUT2D eigenvalue weighted by atomic mass is 19.1. The van der Waals surface area contributed by atoms with Gasteiger partial charge in [-0.25, -0.2) is 15.0 Å². The summed E-state index contributed by atoms with van der Waals surface area (Å²) in [5.74, 6) is 2.07. The van der Waals surface area contributed by atoms with E-state index in [1.807, 2.05) is 35.5 Å². The molecule has 0 spiro atoms. The second-order valence-electron chi connectivity index (χ2n) is 7.39. The topological polar surface area (TPSA) is 67.4 Å². The Bertz CT molecular complexity index is 1070. The van der Waals surface area contributed by atoms with E-state index in [2.05, 4.69) is 27.2 Å². The zero-order valence-electron chi connectivity index (χ0n) is 14.6. The van der Waals surface area contributed by atoms with E-state index in [4.69, 9.17) is 0 Å². The predicted molar refractivity (Wildman–Crippen MR) is 96.4 cm³/mol. The third-order valence-electron chi connectivity index (χ3n) is 5.64. The van der Waals surface area contributed by atoms with Gasteiger partial charge in [0.2, 0.25) is 0 Å². The Hall–Kier alpha value is -3.23. The smallest absolute Gasteiger partial charge is 0.253 e. The number of aromatic nitrogens is 5. The minimum atomic E-state index is -0.551. The van der Waals surface area contributed by atoms with Crippen LogP contribution in [0.5, 0.6) is 0 Å². The van der Waals surface area contributed by atoms with Crippen LogP contribution in [-0.2, 0) is 6.42 Å². The highest BCUT2D eigenvalue weighted by Gasteiger charge is 2.40. The monoisotopic (exact) mass is 364 g/mol. The molecule has 8 nitrogen and oxygen atoms in total. The third kappa shape index (κ3) is 2.08. The molecule has 27 heavy (non-hydrogen) atoms. The van der Waals surface area contributed by atoms with Crippen LogP contribution in [0.4, 0.5) is 10.2 Å². The number of para-hydroxylation sites is 1. The maximum absolute atomic E-state index is 14.4. The fraction of sp³-hybridized carbons (Fsp3) is 0.333. The van der Waals surface area contributed by atoms with Crippen molar-refractivity contribution in [2.75, 3.05) is 10.1 Å². The highest BCUT2D eigenvalue weighted by Crippen LogP contribution is 2.42. The minimum Gasteiger partial charge on any atom is -0.253 e. The Kier molecular flexibility index (Phi) is 2.84. The molecular weight excluding hydrogens is 347 g/mol. The number of anilines is 1. The molecule has 3 aromatic rings. The van der Waals surface area contributed by atoms with Gasteiger partial charge in [-0.3, -0.25) is 4.57 Å². The van der Waals surface area contributed by atoms with E-state index >= 15 is 0 Å². The number of rotatable bonds is 3. The Morgan fingerprint density at radius 1 is 1.26 bits per heavy atom. The number of halogens is 1. The first-order chi connectivity index (χ1) is 13.2. The van der Waals surface area contributed by atoms with E-state index < -0.39 is 6.08 Å². The molecule has 2 aromatic heterocycles. The number of fused-ring (bicyclic) bond motifs is 6. The van der Waals surface area contributed by atoms with Crippen LogP contribution in [0.2, 0.25) is 0 Å². The lowest BCUT2D eigenvalue weighted by Gasteiger charge is -2.36. The fourth-order valence-electron chi connectivity index (χ4n) is 4.00. The van der Waals surface area contributed by atoms with Crippen LogP contribution < -0.4 is 10.1 Å². The molecule has 136 valence electrons. The number of hydrazine groups is 1. The summed E-state index contributed by atoms with van der Waals surface area (Å²) in [5, 5.41) is 12.2. The number of hydrogen-bond donors (Lipinski definition) is 0. The number of hydrogen-bond acceptors (Lipinski definition) is 6. The lowest BCUT2D eigenvalue weighted by atomic mass is 10.1. The lowest BCUT2D eigenvalue weighted by molar-refractivity contribution is 0.495. The van der Waals surface area contributed by atoms with Gasteiger partial charge < -0.3 is 0 Å². The molecule has 6 rings (SSSR count). The van der Waals surface area contributed by atoms with Crippen LogP contribution >= 0.6 is 0 Å². The van der Waals surface area contributed by atoms with Gasteiger partial charge in [-0.2, -0.15) is 9.51 Å². The number of nitrogens with zero attached hydrogens (tertiary/aromatic N) is 8. The molecule has 1 aliphatic carbocycles. The molecule has 0 amide bonds. The summed E-state index contributed by atoms with van der Waals surface area (Å²) < 4.78 is 15.9. The molecule has 1 fully saturated rings. The molecule has 0 N–H and O–H groups in total. The molecule has 2 aliphatic heterocycles. The molecule has 3 atom stereocenters. The van der Waals surface area contributed by atoms with Crippen LogP contribution in [0.3, 0.4) is 0 Å². The predicted octanol–water partition coefficient (Wildman–Crippen LogP) is 2.22. The number of benzene rings is 1. The summed E-state index contributed by atoms with van der Waals surface area (Å²) in [7, 11) is 0. The first kappa shape index (κ1) is 14.9. The Morgan fingerprint density at radius 2 is 2.11 bits per heavy atom. The first-order valence-corrected chi connectivity index (χ1v) is 9.06. The van der Waals surface area contributed by atoms with Gasteiger partial charge in [-0.05, 0) is 36.0 Å². The van der Waals surface area contributed by atoms with Gasteiger partial charge in [-0.15, -0.1) is 9.89 Å². The van der Waals surface area contributed by atoms with E-state index in [1.165, 1.54) is 17.2 Å². The summed E-state index contributed by atoms with van der Waals surface area (Å²) in [6.07, 6.45) is 6.47. The summed E-state index contributed by atoms with van der Waals surface area (Å²) in [6, 6.07) is 7.65. The van der Waals surface area contributed by atoms with E-state index in [-0.39, 0.29) is 6.17 Å². The average Bonchev–Trinajstić information content (AvgIpc) is 3.08. The first-order valence-electron chi connectivity index (χ1n) is 9.06. The third-order valence-corrected chi connectivity index (χ3v) is 5.64. The van der Waals surface area contributed by atoms with Crippen molar-refractivity contribution in [3.63, 3.8) is 0 Å². The molecule has 1 aromatic carbocycles. The molecule has 3 aliphatic rings. The Labute approximate surface area is 154 Å². The van der Waals surface area contributed by atoms with Crippen LogP contribution in [-0.4, -0.2) is 31.0 Å². The molecule has 4 heterocycles. The van der Waals surface area contributed by atoms with E-state index in [1.54, 1.807) is 16.2 Å². The zero-order valence-corrected chi connectivity index (χ0v) is 14.6. The molecule has 3 unspecified atom stereocenters. The maximum atomic E-state index is 14.4. The standard InChI is InChI=1S/C18H17FN8/c1-11-6-12(11)7-13-9-24(23-22-13)25-10-21-17-14-4-2-3-5-15(14)26-16(27(17)25)8-20-18(26)19/h2-5,8-12,17H,6-7H2,1H3. The van der Waals surface area contributed by atoms with Crippen LogP contribution in [0.15, 0.2) is 41.7 Å². The Morgan fingerprint density at radius 3 is 2.96 bits per heavy atom. The molecule has 0 saturated heterocycles. The molecule has 1 saturated carbocycles. The van der Waals surface area contributed by atoms with Gasteiger partial charge in [0.05, 0.1) is 23.8 Å². The largest absolute Gasteiger partial charge is 0.295 e. The van der Waals surface area contributed by atoms with Crippen LogP contribution in [0.1, 0.15) is 30.8 Å². The van der Waals surface area contributed by atoms with Gasteiger partial charge in [0.1, 0.15) is 6.34 Å². The SMILES string of the molecule is CC1CC1Cc1cn(N2C=NC3c4ccccc4-n4c(cnc4F)N32)nn1. The molecule has 9 heteroatoms. The fourth-order valence-corrected chi connectivity index (χ4v) is 4.00. The quantitative estimate of drug-likeness (QED) is 0.713. The summed E-state index contributed by atoms with van der Waals surface area (Å²) >= 11 is 0. The zero-order chi connectivity index (χ0) is 18.1. The van der Waals surface area contributed by atoms with Crippen molar-refractivity contribution in [1.29, 1.82) is 0 Å². The minimum absolute atomic E-state index is 0.291. The van der Waals surface area contributed by atoms with Gasteiger partial charge in [0.15, 0.2) is 12.0 Å². The maximum Gasteiger partial charge on any atom is 0.295 e. The summed E-state index contributed by atoms with van der Waals surface area (Å²) in [4.78, 5) is 10.2. The van der Waals surface area contributed by atoms with Gasteiger partial charge in [0, 0.05) is 5.56 Å². The average molecular weight is 364 g/mol. The van der Waals surface area contributed by atoms with E-state index in [0.717, 1.165) is 29.3 Å². The Balaban J connectivity index is 1.40. The van der Waals surface area contributed by atoms with Crippen molar-refractivity contribution < 1.29 is 4.39 Å². The normalized spacial score (nSPS) is 24.7. The van der Waals surface area contributed by atoms with Crippen molar-refractivity contribution in [2.45, 2.75) is 25.9 Å². The van der Waals surface area contributed by atoms with Crippen molar-refractivity contribution in [3.05, 3.63) is 54.0 Å². The van der Waals surface area contributed by atoms with Crippen LogP contribution in [0, 0.1) is 17.9 Å². The number of imidazole rings is 1. The summed E-state index contributed by atoms with van der Waals surface area (Å²) in [5.41, 5.74) is 2.62. The van der Waals surface area contributed by atoms with Crippen LogP contribution in [0.25, 0.3) is 5.69 Å². The van der Waals surface area contributed by atoms with E-state index in [0.29, 0.717) is 11.7 Å². The second-order valence-corrected chi connectivity index (χ2v) is 7.39. The van der Waals surface area contributed by atoms with Gasteiger partial charge >= 0.3 is 0 Å². The van der Waals surface area contributed by atoms with E-state index in [9.17, 15) is 4.39 Å². The summed E-state index contributed by atoms with van der Waals surface area (Å²) in [6.45, 7) is 2.26. The molecule has 0 radical (unpaired) electrons. The lowest BCUT2D eigenvalue weighted by Crippen LogP contribution is -2.49. The van der Waals surface area contributed by atoms with Crippen molar-refractivity contribution in [2.24, 2.45) is 16.8 Å². The van der Waals surface area contributed by atoms with Crippen molar-refractivity contribution >= 4 is 12.2 Å².